The Bertz CT molecular complexity index is 477. The predicted octanol–water partition coefficient (Wildman–Crippen LogP) is 1.50. The molecule has 20 heavy (non-hydrogen) atoms. The maximum atomic E-state index is 12.0. The zero-order chi connectivity index (χ0) is 15.1. The Morgan fingerprint density at radius 1 is 1.45 bits per heavy atom. The van der Waals surface area contributed by atoms with Crippen molar-refractivity contribution in [1.82, 2.24) is 4.90 Å². The van der Waals surface area contributed by atoms with Crippen molar-refractivity contribution in [1.29, 1.82) is 0 Å². The molecule has 0 saturated heterocycles. The van der Waals surface area contributed by atoms with Gasteiger partial charge in [-0.15, -0.1) is 0 Å². The molecule has 0 bridgehead atoms. The maximum absolute atomic E-state index is 12.0. The quantitative estimate of drug-likeness (QED) is 0.359. The number of amides is 1. The van der Waals surface area contributed by atoms with Crippen molar-refractivity contribution in [2.75, 3.05) is 13.6 Å². The summed E-state index contributed by atoms with van der Waals surface area (Å²) < 4.78 is 28.1. The van der Waals surface area contributed by atoms with Gasteiger partial charge in [-0.1, -0.05) is 5.16 Å². The van der Waals surface area contributed by atoms with Gasteiger partial charge >= 0.3 is 6.61 Å². The monoisotopic (exact) mass is 287 g/mol. The highest BCUT2D eigenvalue weighted by molar-refractivity contribution is 5.94. The molecular weight excluding hydrogens is 272 g/mol. The fourth-order valence-electron chi connectivity index (χ4n) is 1.43. The van der Waals surface area contributed by atoms with E-state index >= 15 is 0 Å². The Morgan fingerprint density at radius 2 is 2.05 bits per heavy atom. The van der Waals surface area contributed by atoms with Crippen LogP contribution in [0.3, 0.4) is 0 Å². The Hall–Kier alpha value is -2.38. The SMILES string of the molecule is CN(CC/C(N)=N/O)C(=O)c1ccc(OC(F)F)cc1. The zero-order valence-corrected chi connectivity index (χ0v) is 10.8. The Balaban J connectivity index is 2.62. The number of rotatable bonds is 6. The lowest BCUT2D eigenvalue weighted by molar-refractivity contribution is -0.0498. The first-order valence-electron chi connectivity index (χ1n) is 5.70. The van der Waals surface area contributed by atoms with Crippen molar-refractivity contribution in [3.8, 4) is 5.75 Å². The van der Waals surface area contributed by atoms with Gasteiger partial charge in [-0.3, -0.25) is 4.79 Å². The standard InChI is InChI=1S/C12H15F2N3O3/c1-17(7-6-10(15)16-19)11(18)8-2-4-9(5-3-8)20-12(13)14/h2-5,12,19H,6-7H2,1H3,(H2,15,16). The van der Waals surface area contributed by atoms with Gasteiger partial charge in [0.05, 0.1) is 0 Å². The fraction of sp³-hybridized carbons (Fsp3) is 0.333. The van der Waals surface area contributed by atoms with Crippen LogP contribution >= 0.6 is 0 Å². The fourth-order valence-corrected chi connectivity index (χ4v) is 1.43. The highest BCUT2D eigenvalue weighted by Gasteiger charge is 2.12. The van der Waals surface area contributed by atoms with E-state index in [4.69, 9.17) is 10.9 Å². The van der Waals surface area contributed by atoms with Crippen LogP contribution in [0.2, 0.25) is 0 Å². The number of nitrogens with two attached hydrogens (primary N) is 1. The molecule has 0 fully saturated rings. The minimum absolute atomic E-state index is 0.0177. The first-order chi connectivity index (χ1) is 9.43. The molecule has 3 N–H and O–H groups in total. The number of carbonyl (C=O) groups excluding carboxylic acids is 1. The normalized spacial score (nSPS) is 11.5. The van der Waals surface area contributed by atoms with Gasteiger partial charge in [0.25, 0.3) is 5.91 Å². The summed E-state index contributed by atoms with van der Waals surface area (Å²) in [6, 6.07) is 5.35. The van der Waals surface area contributed by atoms with E-state index in [1.165, 1.54) is 29.2 Å². The molecule has 0 saturated carbocycles. The first kappa shape index (κ1) is 15.7. The number of nitrogens with zero attached hydrogens (tertiary/aromatic N) is 2. The Morgan fingerprint density at radius 3 is 2.55 bits per heavy atom. The molecule has 0 aliphatic carbocycles. The summed E-state index contributed by atoms with van der Waals surface area (Å²) in [6.45, 7) is -2.63. The number of carbonyl (C=O) groups is 1. The molecule has 0 heterocycles. The minimum atomic E-state index is -2.90. The molecule has 0 spiro atoms. The third-order valence-corrected chi connectivity index (χ3v) is 2.50. The van der Waals surface area contributed by atoms with E-state index in [2.05, 4.69) is 9.89 Å². The number of hydrogen-bond acceptors (Lipinski definition) is 4. The van der Waals surface area contributed by atoms with E-state index in [0.717, 1.165) is 0 Å². The van der Waals surface area contributed by atoms with E-state index in [0.29, 0.717) is 5.56 Å². The van der Waals surface area contributed by atoms with Crippen molar-refractivity contribution in [3.05, 3.63) is 29.8 Å². The summed E-state index contributed by atoms with van der Waals surface area (Å²) in [7, 11) is 1.55. The Labute approximate surface area is 114 Å². The predicted molar refractivity (Wildman–Crippen MR) is 68.1 cm³/mol. The molecule has 1 aromatic carbocycles. The number of hydrogen-bond donors (Lipinski definition) is 2. The summed E-state index contributed by atoms with van der Waals surface area (Å²) in [5.74, 6) is -0.305. The van der Waals surface area contributed by atoms with E-state index in [9.17, 15) is 13.6 Å². The van der Waals surface area contributed by atoms with E-state index < -0.39 is 6.61 Å². The van der Waals surface area contributed by atoms with Crippen LogP contribution in [-0.2, 0) is 0 Å². The minimum Gasteiger partial charge on any atom is -0.435 e. The largest absolute Gasteiger partial charge is 0.435 e. The van der Waals surface area contributed by atoms with Crippen LogP contribution in [0.1, 0.15) is 16.8 Å². The summed E-state index contributed by atoms with van der Waals surface area (Å²) >= 11 is 0. The molecule has 0 unspecified atom stereocenters. The van der Waals surface area contributed by atoms with Crippen molar-refractivity contribution >= 4 is 11.7 Å². The van der Waals surface area contributed by atoms with Gasteiger partial charge in [-0.2, -0.15) is 8.78 Å². The molecule has 0 aliphatic heterocycles. The second-order valence-corrected chi connectivity index (χ2v) is 3.97. The van der Waals surface area contributed by atoms with Crippen LogP contribution in [-0.4, -0.2) is 42.1 Å². The number of halogens is 2. The van der Waals surface area contributed by atoms with Crippen LogP contribution in [0.15, 0.2) is 29.4 Å². The molecular formula is C12H15F2N3O3. The summed E-state index contributed by atoms with van der Waals surface area (Å²) in [5.41, 5.74) is 5.63. The van der Waals surface area contributed by atoms with Crippen molar-refractivity contribution in [2.45, 2.75) is 13.0 Å². The highest BCUT2D eigenvalue weighted by Crippen LogP contribution is 2.15. The van der Waals surface area contributed by atoms with Gasteiger partial charge in [0.1, 0.15) is 11.6 Å². The van der Waals surface area contributed by atoms with Crippen LogP contribution in [0.4, 0.5) is 8.78 Å². The van der Waals surface area contributed by atoms with Gasteiger partial charge in [0.15, 0.2) is 0 Å². The molecule has 1 rings (SSSR count). The third-order valence-electron chi connectivity index (χ3n) is 2.50. The molecule has 1 aromatic rings. The van der Waals surface area contributed by atoms with Crippen molar-refractivity contribution < 1.29 is 23.5 Å². The summed E-state index contributed by atoms with van der Waals surface area (Å²) in [4.78, 5) is 13.3. The second-order valence-electron chi connectivity index (χ2n) is 3.97. The molecule has 1 amide bonds. The molecule has 0 aromatic heterocycles. The van der Waals surface area contributed by atoms with Gasteiger partial charge in [0.2, 0.25) is 0 Å². The van der Waals surface area contributed by atoms with Gasteiger partial charge < -0.3 is 20.6 Å². The van der Waals surface area contributed by atoms with Crippen LogP contribution in [0.5, 0.6) is 5.75 Å². The van der Waals surface area contributed by atoms with Gasteiger partial charge in [0, 0.05) is 25.6 Å². The number of amidine groups is 1. The van der Waals surface area contributed by atoms with E-state index in [1.54, 1.807) is 7.05 Å². The maximum Gasteiger partial charge on any atom is 0.387 e. The van der Waals surface area contributed by atoms with Crippen LogP contribution in [0.25, 0.3) is 0 Å². The molecule has 0 atom stereocenters. The third kappa shape index (κ3) is 4.71. The van der Waals surface area contributed by atoms with Gasteiger partial charge in [-0.05, 0) is 24.3 Å². The second kappa shape index (κ2) is 7.27. The smallest absolute Gasteiger partial charge is 0.387 e. The molecule has 0 aliphatic rings. The molecule has 6 nitrogen and oxygen atoms in total. The van der Waals surface area contributed by atoms with Crippen LogP contribution < -0.4 is 10.5 Å². The van der Waals surface area contributed by atoms with Crippen LogP contribution in [0, 0.1) is 0 Å². The summed E-state index contributed by atoms with van der Waals surface area (Å²) in [5, 5.41) is 11.2. The zero-order valence-electron chi connectivity index (χ0n) is 10.8. The van der Waals surface area contributed by atoms with Crippen molar-refractivity contribution in [2.24, 2.45) is 10.9 Å². The molecule has 0 radical (unpaired) electrons. The van der Waals surface area contributed by atoms with Gasteiger partial charge in [-0.25, -0.2) is 0 Å². The molecule has 110 valence electrons. The highest BCUT2D eigenvalue weighted by atomic mass is 19.3. The number of alkyl halides is 2. The number of benzene rings is 1. The lowest BCUT2D eigenvalue weighted by atomic mass is 10.2. The summed E-state index contributed by atoms with van der Waals surface area (Å²) in [6.07, 6.45) is 0.227. The average molecular weight is 287 g/mol. The lowest BCUT2D eigenvalue weighted by Gasteiger charge is -2.16. The molecule has 8 heteroatoms. The lowest BCUT2D eigenvalue weighted by Crippen LogP contribution is -2.30. The number of ether oxygens (including phenoxy) is 1. The van der Waals surface area contributed by atoms with E-state index in [-0.39, 0.29) is 30.5 Å². The average Bonchev–Trinajstić information content (AvgIpc) is 2.43. The first-order valence-corrected chi connectivity index (χ1v) is 5.70. The van der Waals surface area contributed by atoms with Crippen molar-refractivity contribution in [3.63, 3.8) is 0 Å². The van der Waals surface area contributed by atoms with E-state index in [1.807, 2.05) is 0 Å². The number of oxime groups is 1. The Kier molecular flexibility index (Phi) is 5.70. The topological polar surface area (TPSA) is 88.1 Å².